The number of aromatic nitrogens is 4. The zero-order valence-electron chi connectivity index (χ0n) is 13.6. The number of carbonyl (C=O) groups excluding carboxylic acids is 2. The lowest BCUT2D eigenvalue weighted by Crippen LogP contribution is -2.33. The summed E-state index contributed by atoms with van der Waals surface area (Å²) in [5.74, 6) is -0.235. The van der Waals surface area contributed by atoms with Crippen LogP contribution in [-0.2, 0) is 0 Å². The molecule has 0 saturated carbocycles. The minimum atomic E-state index is -0.306. The second kappa shape index (κ2) is 6.52. The number of nitriles is 1. The molecule has 25 heavy (non-hydrogen) atoms. The Hall–Kier alpha value is -3.54. The molecule has 0 atom stereocenters. The lowest BCUT2D eigenvalue weighted by Gasteiger charge is -2.15. The van der Waals surface area contributed by atoms with Crippen LogP contribution in [-0.4, -0.2) is 43.9 Å². The number of H-pyrrole nitrogens is 1. The molecule has 2 aromatic rings. The van der Waals surface area contributed by atoms with E-state index in [1.807, 2.05) is 19.9 Å². The van der Waals surface area contributed by atoms with Gasteiger partial charge in [-0.2, -0.15) is 10.5 Å². The molecule has 0 fully saturated rings. The van der Waals surface area contributed by atoms with Crippen molar-refractivity contribution in [1.82, 2.24) is 25.5 Å². The van der Waals surface area contributed by atoms with Crippen molar-refractivity contribution < 1.29 is 9.59 Å². The molecule has 1 aromatic heterocycles. The number of amides is 2. The van der Waals surface area contributed by atoms with Crippen molar-refractivity contribution in [3.05, 3.63) is 41.4 Å². The third kappa shape index (κ3) is 3.10. The highest BCUT2D eigenvalue weighted by Crippen LogP contribution is 2.26. The summed E-state index contributed by atoms with van der Waals surface area (Å²) in [6.07, 6.45) is 1.42. The maximum Gasteiger partial charge on any atom is 0.261 e. The molecule has 0 spiro atoms. The number of carbonyl (C=O) groups is 2. The highest BCUT2D eigenvalue weighted by molar-refractivity contribution is 6.21. The smallest absolute Gasteiger partial charge is 0.261 e. The minimum Gasteiger partial charge on any atom is -0.360 e. The Morgan fingerprint density at radius 1 is 1.36 bits per heavy atom. The van der Waals surface area contributed by atoms with Gasteiger partial charge in [-0.1, -0.05) is 13.8 Å². The Balaban J connectivity index is 1.84. The molecule has 2 amide bonds. The van der Waals surface area contributed by atoms with E-state index in [4.69, 9.17) is 5.26 Å². The summed E-state index contributed by atoms with van der Waals surface area (Å²) >= 11 is 0. The van der Waals surface area contributed by atoms with Gasteiger partial charge in [0, 0.05) is 18.4 Å². The standard InChI is InChI=1S/C16H15N7O2/c1-9(2)8-23-15(24)12-4-3-11(5-13(12)16(23)25)18-7-10(6-17)14-19-21-22-20-14/h3-5,7,9,18H,8H2,1-2H3,(H,19,20,21,22). The molecule has 0 aliphatic carbocycles. The van der Waals surface area contributed by atoms with Gasteiger partial charge in [-0.3, -0.25) is 14.5 Å². The van der Waals surface area contributed by atoms with Crippen molar-refractivity contribution in [1.29, 1.82) is 5.26 Å². The molecule has 0 unspecified atom stereocenters. The molecule has 0 saturated heterocycles. The predicted molar refractivity (Wildman–Crippen MR) is 88.0 cm³/mol. The fourth-order valence-electron chi connectivity index (χ4n) is 2.49. The Morgan fingerprint density at radius 2 is 2.12 bits per heavy atom. The third-order valence-electron chi connectivity index (χ3n) is 3.61. The maximum absolute atomic E-state index is 12.5. The molecule has 9 nitrogen and oxygen atoms in total. The van der Waals surface area contributed by atoms with Crippen molar-refractivity contribution in [2.45, 2.75) is 13.8 Å². The van der Waals surface area contributed by atoms with E-state index < -0.39 is 0 Å². The van der Waals surface area contributed by atoms with E-state index in [0.717, 1.165) is 0 Å². The zero-order valence-corrected chi connectivity index (χ0v) is 13.6. The van der Waals surface area contributed by atoms with Gasteiger partial charge in [-0.25, -0.2) is 0 Å². The molecule has 2 N–H and O–H groups in total. The lowest BCUT2D eigenvalue weighted by atomic mass is 10.1. The van der Waals surface area contributed by atoms with E-state index in [2.05, 4.69) is 25.9 Å². The first-order valence-corrected chi connectivity index (χ1v) is 7.62. The van der Waals surface area contributed by atoms with Gasteiger partial charge in [0.05, 0.1) is 11.1 Å². The van der Waals surface area contributed by atoms with Crippen LogP contribution in [0.15, 0.2) is 24.4 Å². The van der Waals surface area contributed by atoms with Gasteiger partial charge in [0.2, 0.25) is 5.82 Å². The summed E-state index contributed by atoms with van der Waals surface area (Å²) < 4.78 is 0. The highest BCUT2D eigenvalue weighted by Gasteiger charge is 2.35. The average molecular weight is 337 g/mol. The first-order chi connectivity index (χ1) is 12.0. The topological polar surface area (TPSA) is 128 Å². The van der Waals surface area contributed by atoms with Gasteiger partial charge >= 0.3 is 0 Å². The molecule has 2 heterocycles. The quantitative estimate of drug-likeness (QED) is 0.624. The number of hydrogen-bond donors (Lipinski definition) is 2. The van der Waals surface area contributed by atoms with E-state index in [9.17, 15) is 9.59 Å². The molecule has 1 aliphatic heterocycles. The predicted octanol–water partition coefficient (Wildman–Crippen LogP) is 1.43. The number of nitrogens with one attached hydrogen (secondary N) is 2. The van der Waals surface area contributed by atoms with Crippen LogP contribution >= 0.6 is 0 Å². The van der Waals surface area contributed by atoms with Crippen molar-refractivity contribution in [3.8, 4) is 6.07 Å². The number of anilines is 1. The molecular formula is C16H15N7O2. The Labute approximate surface area is 143 Å². The Bertz CT molecular complexity index is 894. The molecule has 0 radical (unpaired) electrons. The maximum atomic E-state index is 12.5. The zero-order chi connectivity index (χ0) is 18.0. The molecule has 1 aliphatic rings. The molecule has 0 bridgehead atoms. The van der Waals surface area contributed by atoms with Crippen LogP contribution in [0.5, 0.6) is 0 Å². The summed E-state index contributed by atoms with van der Waals surface area (Å²) in [4.78, 5) is 26.0. The first-order valence-electron chi connectivity index (χ1n) is 7.62. The SMILES string of the molecule is CC(C)CN1C(=O)c2ccc(NC=C(C#N)c3nn[nH]n3)cc2C1=O. The van der Waals surface area contributed by atoms with Gasteiger partial charge in [0.15, 0.2) is 0 Å². The molecule has 126 valence electrons. The third-order valence-corrected chi connectivity index (χ3v) is 3.61. The number of tetrazole rings is 1. The summed E-state index contributed by atoms with van der Waals surface area (Å²) in [5.41, 5.74) is 1.49. The average Bonchev–Trinajstić information content (AvgIpc) is 3.19. The van der Waals surface area contributed by atoms with Gasteiger partial charge in [0.1, 0.15) is 11.6 Å². The molecule has 3 rings (SSSR count). The van der Waals surface area contributed by atoms with Crippen LogP contribution in [0.3, 0.4) is 0 Å². The van der Waals surface area contributed by atoms with E-state index in [0.29, 0.717) is 23.4 Å². The van der Waals surface area contributed by atoms with Gasteiger partial charge in [0.25, 0.3) is 11.8 Å². The van der Waals surface area contributed by atoms with Crippen LogP contribution in [0, 0.1) is 17.2 Å². The summed E-state index contributed by atoms with van der Waals surface area (Å²) in [5, 5.41) is 25.2. The van der Waals surface area contributed by atoms with Gasteiger partial charge in [-0.05, 0) is 29.3 Å². The van der Waals surface area contributed by atoms with E-state index in [1.54, 1.807) is 18.2 Å². The normalized spacial score (nSPS) is 14.0. The van der Waals surface area contributed by atoms with Crippen LogP contribution in [0.1, 0.15) is 40.4 Å². The second-order valence-corrected chi connectivity index (χ2v) is 5.92. The van der Waals surface area contributed by atoms with E-state index in [1.165, 1.54) is 11.1 Å². The number of hydrogen-bond acceptors (Lipinski definition) is 7. The number of allylic oxidation sites excluding steroid dienone is 1. The molecule has 9 heteroatoms. The first kappa shape index (κ1) is 16.3. The summed E-state index contributed by atoms with van der Waals surface area (Å²) in [6.45, 7) is 4.27. The van der Waals surface area contributed by atoms with Gasteiger partial charge < -0.3 is 5.32 Å². The Kier molecular flexibility index (Phi) is 4.26. The monoisotopic (exact) mass is 337 g/mol. The minimum absolute atomic E-state index is 0.158. The highest BCUT2D eigenvalue weighted by atomic mass is 16.2. The lowest BCUT2D eigenvalue weighted by molar-refractivity contribution is 0.0636. The number of aromatic amines is 1. The number of benzene rings is 1. The van der Waals surface area contributed by atoms with E-state index in [-0.39, 0.29) is 29.1 Å². The number of fused-ring (bicyclic) bond motifs is 1. The van der Waals surface area contributed by atoms with Crippen molar-refractivity contribution in [2.24, 2.45) is 5.92 Å². The van der Waals surface area contributed by atoms with E-state index >= 15 is 0 Å². The molecule has 1 aromatic carbocycles. The number of imide groups is 1. The van der Waals surface area contributed by atoms with Crippen molar-refractivity contribution in [2.75, 3.05) is 11.9 Å². The van der Waals surface area contributed by atoms with Crippen molar-refractivity contribution >= 4 is 23.1 Å². The van der Waals surface area contributed by atoms with Crippen LogP contribution in [0.25, 0.3) is 5.57 Å². The fraction of sp³-hybridized carbons (Fsp3) is 0.250. The summed E-state index contributed by atoms with van der Waals surface area (Å²) in [6, 6.07) is 6.83. The second-order valence-electron chi connectivity index (χ2n) is 5.92. The van der Waals surface area contributed by atoms with Crippen LogP contribution in [0.4, 0.5) is 5.69 Å². The van der Waals surface area contributed by atoms with Crippen LogP contribution < -0.4 is 5.32 Å². The fourth-order valence-corrected chi connectivity index (χ4v) is 2.49. The van der Waals surface area contributed by atoms with Crippen molar-refractivity contribution in [3.63, 3.8) is 0 Å². The molecular weight excluding hydrogens is 322 g/mol. The summed E-state index contributed by atoms with van der Waals surface area (Å²) in [7, 11) is 0. The van der Waals surface area contributed by atoms with Crippen LogP contribution in [0.2, 0.25) is 0 Å². The number of rotatable bonds is 5. The Morgan fingerprint density at radius 3 is 2.76 bits per heavy atom. The van der Waals surface area contributed by atoms with Gasteiger partial charge in [-0.15, -0.1) is 10.2 Å². The largest absolute Gasteiger partial charge is 0.360 e. The number of nitrogens with zero attached hydrogens (tertiary/aromatic N) is 5.